The van der Waals surface area contributed by atoms with Gasteiger partial charge in [0.05, 0.1) is 0 Å². The molecule has 0 saturated heterocycles. The molecule has 0 radical (unpaired) electrons. The van der Waals surface area contributed by atoms with Crippen molar-refractivity contribution < 1.29 is 4.79 Å². The van der Waals surface area contributed by atoms with E-state index in [0.29, 0.717) is 0 Å². The Morgan fingerprint density at radius 3 is 2.06 bits per heavy atom. The van der Waals surface area contributed by atoms with Gasteiger partial charge in [0.25, 0.3) is 0 Å². The van der Waals surface area contributed by atoms with Gasteiger partial charge < -0.3 is 0 Å². The highest BCUT2D eigenvalue weighted by atomic mass is 16.1. The summed E-state index contributed by atoms with van der Waals surface area (Å²) < 4.78 is 0. The zero-order valence-electron chi connectivity index (χ0n) is 10.8. The number of hydrogen-bond donors (Lipinski definition) is 0. The molecule has 2 nitrogen and oxygen atoms in total. The van der Waals surface area contributed by atoms with E-state index >= 15 is 0 Å². The number of hydrogen-bond acceptors (Lipinski definition) is 2. The van der Waals surface area contributed by atoms with E-state index in [9.17, 15) is 4.79 Å². The molecule has 0 amide bonds. The van der Waals surface area contributed by atoms with Crippen molar-refractivity contribution in [3.8, 4) is 0 Å². The van der Waals surface area contributed by atoms with Crippen LogP contribution in [-0.2, 0) is 10.3 Å². The fourth-order valence-corrected chi connectivity index (χ4v) is 1.95. The summed E-state index contributed by atoms with van der Waals surface area (Å²) in [5.74, 6) is 0.288. The van der Waals surface area contributed by atoms with Crippen molar-refractivity contribution in [1.82, 2.24) is 4.90 Å². The minimum Gasteiger partial charge on any atom is -0.297 e. The third-order valence-corrected chi connectivity index (χ3v) is 3.23. The van der Waals surface area contributed by atoms with Gasteiger partial charge in [-0.1, -0.05) is 44.2 Å². The molecule has 88 valence electrons. The molecule has 0 fully saturated rings. The number of benzene rings is 1. The van der Waals surface area contributed by atoms with Gasteiger partial charge in [-0.2, -0.15) is 0 Å². The fraction of sp³-hybridized carbons (Fsp3) is 0.500. The normalized spacial score (nSPS) is 15.2. The lowest BCUT2D eigenvalue weighted by Crippen LogP contribution is -2.47. The molecule has 0 aliphatic rings. The standard InChI is InChI=1S/C14H21NO/c1-11(2)13(16)14(3,15(4)5)12-9-7-6-8-10-12/h6-11H,1-5H3. The lowest BCUT2D eigenvalue weighted by Gasteiger charge is -2.36. The number of carbonyl (C=O) groups is 1. The molecule has 1 atom stereocenters. The second kappa shape index (κ2) is 4.79. The first-order valence-electron chi connectivity index (χ1n) is 5.68. The zero-order valence-corrected chi connectivity index (χ0v) is 10.8. The molecule has 16 heavy (non-hydrogen) atoms. The Morgan fingerprint density at radius 2 is 1.69 bits per heavy atom. The molecule has 1 aromatic carbocycles. The van der Waals surface area contributed by atoms with Crippen LogP contribution < -0.4 is 0 Å². The van der Waals surface area contributed by atoms with Gasteiger partial charge in [0.15, 0.2) is 5.78 Å². The van der Waals surface area contributed by atoms with Gasteiger partial charge in [-0.05, 0) is 26.6 Å². The summed E-state index contributed by atoms with van der Waals surface area (Å²) in [5.41, 5.74) is 0.522. The number of Topliss-reactive ketones (excluding diaryl/α,β-unsaturated/α-hetero) is 1. The van der Waals surface area contributed by atoms with E-state index in [2.05, 4.69) is 0 Å². The monoisotopic (exact) mass is 219 g/mol. The van der Waals surface area contributed by atoms with Crippen molar-refractivity contribution in [3.05, 3.63) is 35.9 Å². The quantitative estimate of drug-likeness (QED) is 0.776. The van der Waals surface area contributed by atoms with Crippen LogP contribution in [0.2, 0.25) is 0 Å². The number of ketones is 1. The summed E-state index contributed by atoms with van der Waals surface area (Å²) in [6.45, 7) is 5.89. The van der Waals surface area contributed by atoms with Crippen LogP contribution in [0.5, 0.6) is 0 Å². The van der Waals surface area contributed by atoms with E-state index in [1.807, 2.05) is 70.1 Å². The molecular weight excluding hydrogens is 198 g/mol. The largest absolute Gasteiger partial charge is 0.297 e. The Hall–Kier alpha value is -1.15. The highest BCUT2D eigenvalue weighted by Crippen LogP contribution is 2.29. The average molecular weight is 219 g/mol. The summed E-state index contributed by atoms with van der Waals surface area (Å²) in [5, 5.41) is 0. The minimum atomic E-state index is -0.532. The second-order valence-electron chi connectivity index (χ2n) is 4.85. The second-order valence-corrected chi connectivity index (χ2v) is 4.85. The highest BCUT2D eigenvalue weighted by molar-refractivity contribution is 5.90. The molecule has 1 unspecified atom stereocenters. The van der Waals surface area contributed by atoms with Crippen molar-refractivity contribution in [2.75, 3.05) is 14.1 Å². The maximum absolute atomic E-state index is 12.4. The first kappa shape index (κ1) is 12.9. The third kappa shape index (κ3) is 2.17. The molecule has 0 N–H and O–H groups in total. The Kier molecular flexibility index (Phi) is 3.87. The van der Waals surface area contributed by atoms with E-state index < -0.39 is 5.54 Å². The first-order chi connectivity index (χ1) is 7.40. The van der Waals surface area contributed by atoms with Crippen LogP contribution in [0.1, 0.15) is 26.3 Å². The average Bonchev–Trinajstić information content (AvgIpc) is 2.27. The molecule has 1 rings (SSSR count). The van der Waals surface area contributed by atoms with Gasteiger partial charge in [0.1, 0.15) is 5.54 Å². The van der Waals surface area contributed by atoms with E-state index in [-0.39, 0.29) is 11.7 Å². The topological polar surface area (TPSA) is 20.3 Å². The molecule has 2 heteroatoms. The Bertz CT molecular complexity index is 356. The number of nitrogens with zero attached hydrogens (tertiary/aromatic N) is 1. The number of likely N-dealkylation sites (N-methyl/N-ethyl adjacent to an activating group) is 1. The van der Waals surface area contributed by atoms with Crippen LogP contribution in [0, 0.1) is 5.92 Å². The first-order valence-corrected chi connectivity index (χ1v) is 5.68. The molecule has 0 aliphatic carbocycles. The van der Waals surface area contributed by atoms with Crippen LogP contribution in [-0.4, -0.2) is 24.8 Å². The Balaban J connectivity index is 3.23. The molecule has 0 saturated carbocycles. The van der Waals surface area contributed by atoms with Crippen molar-refractivity contribution >= 4 is 5.78 Å². The SMILES string of the molecule is CC(C)C(=O)C(C)(c1ccccc1)N(C)C. The summed E-state index contributed by atoms with van der Waals surface area (Å²) in [6, 6.07) is 9.95. The summed E-state index contributed by atoms with van der Waals surface area (Å²) >= 11 is 0. The maximum Gasteiger partial charge on any atom is 0.159 e. The van der Waals surface area contributed by atoms with Crippen molar-refractivity contribution in [2.24, 2.45) is 5.92 Å². The lowest BCUT2D eigenvalue weighted by molar-refractivity contribution is -0.132. The fourth-order valence-electron chi connectivity index (χ4n) is 1.95. The summed E-state index contributed by atoms with van der Waals surface area (Å²) in [7, 11) is 3.90. The summed E-state index contributed by atoms with van der Waals surface area (Å²) in [6.07, 6.45) is 0. The highest BCUT2D eigenvalue weighted by Gasteiger charge is 2.38. The van der Waals surface area contributed by atoms with Crippen LogP contribution in [0.25, 0.3) is 0 Å². The van der Waals surface area contributed by atoms with Crippen molar-refractivity contribution in [1.29, 1.82) is 0 Å². The lowest BCUT2D eigenvalue weighted by atomic mass is 9.82. The van der Waals surface area contributed by atoms with E-state index in [0.717, 1.165) is 5.56 Å². The van der Waals surface area contributed by atoms with E-state index in [4.69, 9.17) is 0 Å². The van der Waals surface area contributed by atoms with E-state index in [1.165, 1.54) is 0 Å². The van der Waals surface area contributed by atoms with Crippen LogP contribution in [0.3, 0.4) is 0 Å². The minimum absolute atomic E-state index is 0.0348. The predicted molar refractivity (Wildman–Crippen MR) is 67.3 cm³/mol. The van der Waals surface area contributed by atoms with E-state index in [1.54, 1.807) is 0 Å². The van der Waals surface area contributed by atoms with Gasteiger partial charge >= 0.3 is 0 Å². The maximum atomic E-state index is 12.4. The van der Waals surface area contributed by atoms with Gasteiger partial charge in [-0.25, -0.2) is 0 Å². The molecule has 0 heterocycles. The molecule has 0 aliphatic heterocycles. The van der Waals surface area contributed by atoms with Crippen molar-refractivity contribution in [3.63, 3.8) is 0 Å². The van der Waals surface area contributed by atoms with Gasteiger partial charge in [0.2, 0.25) is 0 Å². The van der Waals surface area contributed by atoms with Crippen molar-refractivity contribution in [2.45, 2.75) is 26.3 Å². The van der Waals surface area contributed by atoms with Gasteiger partial charge in [-0.3, -0.25) is 9.69 Å². The van der Waals surface area contributed by atoms with Gasteiger partial charge in [-0.15, -0.1) is 0 Å². The predicted octanol–water partition coefficient (Wildman–Crippen LogP) is 2.69. The van der Waals surface area contributed by atoms with Crippen LogP contribution in [0.15, 0.2) is 30.3 Å². The Morgan fingerprint density at radius 1 is 1.19 bits per heavy atom. The van der Waals surface area contributed by atoms with Crippen LogP contribution in [0.4, 0.5) is 0 Å². The molecule has 1 aromatic rings. The molecular formula is C14H21NO. The summed E-state index contributed by atoms with van der Waals surface area (Å²) in [4.78, 5) is 14.4. The number of carbonyl (C=O) groups excluding carboxylic acids is 1. The molecule has 0 spiro atoms. The zero-order chi connectivity index (χ0) is 12.3. The van der Waals surface area contributed by atoms with Gasteiger partial charge in [0, 0.05) is 5.92 Å². The smallest absolute Gasteiger partial charge is 0.159 e. The third-order valence-electron chi connectivity index (χ3n) is 3.23. The molecule has 0 bridgehead atoms. The Labute approximate surface area is 98.3 Å². The number of rotatable bonds is 4. The van der Waals surface area contributed by atoms with Crippen LogP contribution >= 0.6 is 0 Å². The molecule has 0 aromatic heterocycles.